The van der Waals surface area contributed by atoms with Crippen molar-refractivity contribution in [1.29, 1.82) is 0 Å². The summed E-state index contributed by atoms with van der Waals surface area (Å²) in [7, 11) is 1.62. The molecule has 1 heterocycles. The molecule has 1 rings (SSSR count). The third kappa shape index (κ3) is 4.27. The average Bonchev–Trinajstić information content (AvgIpc) is 2.70. The summed E-state index contributed by atoms with van der Waals surface area (Å²) in [4.78, 5) is 15.2. The Morgan fingerprint density at radius 2 is 2.29 bits per heavy atom. The predicted molar refractivity (Wildman–Crippen MR) is 65.4 cm³/mol. The SMILES string of the molecule is COCCc1nsc(N[C@H](C(=O)O)C(C)C)n1. The molecule has 96 valence electrons. The molecule has 17 heavy (non-hydrogen) atoms. The lowest BCUT2D eigenvalue weighted by Gasteiger charge is -2.16. The number of carbonyl (C=O) groups is 1. The number of aliphatic carboxylic acids is 1. The molecule has 0 radical (unpaired) electrons. The standard InChI is InChI=1S/C10H17N3O3S/c1-6(2)8(9(14)15)12-10-11-7(13-17-10)4-5-16-3/h6,8H,4-5H2,1-3H3,(H,14,15)(H,11,12,13)/t8-/m0/s1. The molecule has 0 saturated heterocycles. The van der Waals surface area contributed by atoms with Gasteiger partial charge in [0, 0.05) is 25.1 Å². The molecule has 0 aromatic carbocycles. The van der Waals surface area contributed by atoms with Gasteiger partial charge in [0.15, 0.2) is 0 Å². The summed E-state index contributed by atoms with van der Waals surface area (Å²) in [5.74, 6) is -0.222. The molecule has 0 aliphatic carbocycles. The number of carboxylic acid groups (broad SMARTS) is 1. The smallest absolute Gasteiger partial charge is 0.326 e. The maximum Gasteiger partial charge on any atom is 0.326 e. The quantitative estimate of drug-likeness (QED) is 0.766. The summed E-state index contributed by atoms with van der Waals surface area (Å²) in [6.07, 6.45) is 0.633. The largest absolute Gasteiger partial charge is 0.480 e. The van der Waals surface area contributed by atoms with Crippen molar-refractivity contribution in [3.8, 4) is 0 Å². The lowest BCUT2D eigenvalue weighted by Crippen LogP contribution is -2.34. The number of nitrogens with one attached hydrogen (secondary N) is 1. The summed E-state index contributed by atoms with van der Waals surface area (Å²) < 4.78 is 9.04. The summed E-state index contributed by atoms with van der Waals surface area (Å²) in [5, 5.41) is 12.4. The molecule has 0 unspecified atom stereocenters. The van der Waals surface area contributed by atoms with E-state index >= 15 is 0 Å². The molecule has 0 spiro atoms. The van der Waals surface area contributed by atoms with Crippen molar-refractivity contribution >= 4 is 22.6 Å². The van der Waals surface area contributed by atoms with Crippen molar-refractivity contribution in [3.63, 3.8) is 0 Å². The fraction of sp³-hybridized carbons (Fsp3) is 0.700. The van der Waals surface area contributed by atoms with E-state index in [-0.39, 0.29) is 5.92 Å². The van der Waals surface area contributed by atoms with Gasteiger partial charge >= 0.3 is 5.97 Å². The van der Waals surface area contributed by atoms with Gasteiger partial charge in [0.1, 0.15) is 11.9 Å². The summed E-state index contributed by atoms with van der Waals surface area (Å²) in [5.41, 5.74) is 0. The molecule has 0 amide bonds. The number of hydrogen-bond acceptors (Lipinski definition) is 6. The molecule has 1 atom stereocenters. The Labute approximate surface area is 104 Å². The second-order valence-corrected chi connectivity index (χ2v) is 4.71. The Kier molecular flexibility index (Phi) is 5.30. The third-order valence-electron chi connectivity index (χ3n) is 2.21. The van der Waals surface area contributed by atoms with E-state index in [1.54, 1.807) is 7.11 Å². The first-order valence-electron chi connectivity index (χ1n) is 5.35. The number of ether oxygens (including phenoxy) is 1. The van der Waals surface area contributed by atoms with Crippen molar-refractivity contribution < 1.29 is 14.6 Å². The van der Waals surface area contributed by atoms with Crippen LogP contribution in [0, 0.1) is 5.92 Å². The Morgan fingerprint density at radius 1 is 1.59 bits per heavy atom. The van der Waals surface area contributed by atoms with Crippen molar-refractivity contribution in [3.05, 3.63) is 5.82 Å². The van der Waals surface area contributed by atoms with Gasteiger partial charge < -0.3 is 15.2 Å². The molecule has 0 fully saturated rings. The van der Waals surface area contributed by atoms with Gasteiger partial charge in [0.05, 0.1) is 6.61 Å². The molecule has 0 aliphatic heterocycles. The highest BCUT2D eigenvalue weighted by atomic mass is 32.1. The van der Waals surface area contributed by atoms with E-state index < -0.39 is 12.0 Å². The van der Waals surface area contributed by atoms with E-state index in [4.69, 9.17) is 9.84 Å². The number of nitrogens with zero attached hydrogens (tertiary/aromatic N) is 2. The zero-order valence-electron chi connectivity index (χ0n) is 10.1. The van der Waals surface area contributed by atoms with Crippen LogP contribution in [0.25, 0.3) is 0 Å². The van der Waals surface area contributed by atoms with Gasteiger partial charge in [-0.1, -0.05) is 13.8 Å². The van der Waals surface area contributed by atoms with Crippen molar-refractivity contribution in [2.45, 2.75) is 26.3 Å². The van der Waals surface area contributed by atoms with Gasteiger partial charge in [-0.15, -0.1) is 0 Å². The number of carboxylic acids is 1. The zero-order valence-corrected chi connectivity index (χ0v) is 11.0. The first kappa shape index (κ1) is 13.9. The van der Waals surface area contributed by atoms with Crippen molar-refractivity contribution in [1.82, 2.24) is 9.36 Å². The number of anilines is 1. The minimum absolute atomic E-state index is 0.0150. The Balaban J connectivity index is 2.61. The molecule has 0 saturated carbocycles. The topological polar surface area (TPSA) is 84.3 Å². The highest BCUT2D eigenvalue weighted by molar-refractivity contribution is 7.09. The summed E-state index contributed by atoms with van der Waals surface area (Å²) >= 11 is 1.17. The first-order valence-corrected chi connectivity index (χ1v) is 6.12. The number of rotatable bonds is 7. The molecular weight excluding hydrogens is 242 g/mol. The molecule has 1 aromatic heterocycles. The van der Waals surface area contributed by atoms with Crippen molar-refractivity contribution in [2.24, 2.45) is 5.92 Å². The highest BCUT2D eigenvalue weighted by Gasteiger charge is 2.22. The lowest BCUT2D eigenvalue weighted by molar-refractivity contribution is -0.138. The molecule has 1 aromatic rings. The molecule has 0 bridgehead atoms. The normalized spacial score (nSPS) is 12.7. The van der Waals surface area contributed by atoms with Crippen LogP contribution >= 0.6 is 11.5 Å². The maximum atomic E-state index is 11.0. The van der Waals surface area contributed by atoms with E-state index in [1.807, 2.05) is 13.8 Å². The van der Waals surface area contributed by atoms with Crippen LogP contribution in [-0.4, -0.2) is 40.2 Å². The van der Waals surface area contributed by atoms with Gasteiger partial charge in [0.2, 0.25) is 5.13 Å². The minimum Gasteiger partial charge on any atom is -0.480 e. The van der Waals surface area contributed by atoms with Crippen LogP contribution in [-0.2, 0) is 16.0 Å². The van der Waals surface area contributed by atoms with E-state index in [0.29, 0.717) is 24.0 Å². The fourth-order valence-electron chi connectivity index (χ4n) is 1.25. The van der Waals surface area contributed by atoms with Gasteiger partial charge in [-0.05, 0) is 5.92 Å². The monoisotopic (exact) mass is 259 g/mol. The van der Waals surface area contributed by atoms with Crippen molar-refractivity contribution in [2.75, 3.05) is 19.0 Å². The highest BCUT2D eigenvalue weighted by Crippen LogP contribution is 2.15. The molecule has 7 heteroatoms. The van der Waals surface area contributed by atoms with Gasteiger partial charge in [0.25, 0.3) is 0 Å². The third-order valence-corrected chi connectivity index (χ3v) is 2.89. The second-order valence-electron chi connectivity index (χ2n) is 3.96. The Bertz CT molecular complexity index is 367. The minimum atomic E-state index is -0.881. The summed E-state index contributed by atoms with van der Waals surface area (Å²) in [6, 6.07) is -0.641. The maximum absolute atomic E-state index is 11.0. The fourth-order valence-corrected chi connectivity index (χ4v) is 1.90. The molecule has 0 aliphatic rings. The van der Waals surface area contributed by atoms with Crippen LogP contribution in [0.4, 0.5) is 5.13 Å². The van der Waals surface area contributed by atoms with E-state index in [2.05, 4.69) is 14.7 Å². The van der Waals surface area contributed by atoms with Crippen LogP contribution in [0.3, 0.4) is 0 Å². The van der Waals surface area contributed by atoms with Crippen LogP contribution in [0.2, 0.25) is 0 Å². The van der Waals surface area contributed by atoms with E-state index in [9.17, 15) is 4.79 Å². The Hall–Kier alpha value is -1.21. The second kappa shape index (κ2) is 6.51. The van der Waals surface area contributed by atoms with Crippen LogP contribution < -0.4 is 5.32 Å². The number of aromatic nitrogens is 2. The van der Waals surface area contributed by atoms with Crippen LogP contribution in [0.1, 0.15) is 19.7 Å². The van der Waals surface area contributed by atoms with Crippen LogP contribution in [0.5, 0.6) is 0 Å². The zero-order chi connectivity index (χ0) is 12.8. The summed E-state index contributed by atoms with van der Waals surface area (Å²) in [6.45, 7) is 4.25. The molecule has 2 N–H and O–H groups in total. The number of methoxy groups -OCH3 is 1. The lowest BCUT2D eigenvalue weighted by atomic mass is 10.1. The average molecular weight is 259 g/mol. The molecule has 6 nitrogen and oxygen atoms in total. The van der Waals surface area contributed by atoms with E-state index in [0.717, 1.165) is 0 Å². The van der Waals surface area contributed by atoms with Gasteiger partial charge in [-0.3, -0.25) is 0 Å². The number of hydrogen-bond donors (Lipinski definition) is 2. The van der Waals surface area contributed by atoms with Crippen LogP contribution in [0.15, 0.2) is 0 Å². The first-order chi connectivity index (χ1) is 8.04. The predicted octanol–water partition coefficient (Wildman–Crippen LogP) is 1.25. The Morgan fingerprint density at radius 3 is 2.82 bits per heavy atom. The van der Waals surface area contributed by atoms with Gasteiger partial charge in [-0.25, -0.2) is 9.78 Å². The van der Waals surface area contributed by atoms with E-state index in [1.165, 1.54) is 11.5 Å². The molecular formula is C10H17N3O3S. The van der Waals surface area contributed by atoms with Gasteiger partial charge in [-0.2, -0.15) is 4.37 Å².